The first kappa shape index (κ1) is 20.2. The van der Waals surface area contributed by atoms with Crippen molar-refractivity contribution in [2.75, 3.05) is 10.6 Å². The highest BCUT2D eigenvalue weighted by atomic mass is 35.5. The standard InChI is InChI=1S/C18H11ClF2N4OS/c19-14-6-1-2-7-15(14)25-17(27)13(9-22)16(26)24-12-5-3-4-11(8-12)18(20,21)10-23/h1-8,13H,(H,24,26)(H,25,27). The molecular weight excluding hydrogens is 394 g/mol. The zero-order chi connectivity index (χ0) is 20.0. The Balaban J connectivity index is 2.15. The van der Waals surface area contributed by atoms with Gasteiger partial charge in [0.15, 0.2) is 5.92 Å². The Labute approximate surface area is 164 Å². The molecule has 0 bridgehead atoms. The van der Waals surface area contributed by atoms with Gasteiger partial charge in [-0.25, -0.2) is 0 Å². The van der Waals surface area contributed by atoms with Crippen LogP contribution in [0.3, 0.4) is 0 Å². The van der Waals surface area contributed by atoms with Gasteiger partial charge in [-0.15, -0.1) is 0 Å². The van der Waals surface area contributed by atoms with Crippen LogP contribution in [-0.2, 0) is 10.7 Å². The molecule has 5 nitrogen and oxygen atoms in total. The lowest BCUT2D eigenvalue weighted by Crippen LogP contribution is -2.31. The summed E-state index contributed by atoms with van der Waals surface area (Å²) in [4.78, 5) is 12.2. The molecule has 9 heteroatoms. The number of carbonyl (C=O) groups excluding carboxylic acids is 1. The normalized spacial score (nSPS) is 11.6. The number of halogens is 3. The summed E-state index contributed by atoms with van der Waals surface area (Å²) in [6, 6.07) is 13.9. The number of benzene rings is 2. The van der Waals surface area contributed by atoms with Gasteiger partial charge >= 0.3 is 5.92 Å². The molecular formula is C18H11ClF2N4OS. The number of amides is 1. The highest BCUT2D eigenvalue weighted by Crippen LogP contribution is 2.29. The molecule has 0 fully saturated rings. The quantitative estimate of drug-likeness (QED) is 0.717. The van der Waals surface area contributed by atoms with Crippen LogP contribution < -0.4 is 10.6 Å². The predicted molar refractivity (Wildman–Crippen MR) is 101 cm³/mol. The van der Waals surface area contributed by atoms with Gasteiger partial charge in [-0.2, -0.15) is 19.3 Å². The van der Waals surface area contributed by atoms with Crippen molar-refractivity contribution in [1.29, 1.82) is 10.5 Å². The molecule has 0 aliphatic rings. The zero-order valence-corrected chi connectivity index (χ0v) is 15.1. The Kier molecular flexibility index (Phi) is 6.40. The third-order valence-electron chi connectivity index (χ3n) is 3.42. The first-order chi connectivity index (χ1) is 12.8. The SMILES string of the molecule is N#CC(C(=O)Nc1cccc(C(F)(F)C#N)c1)C(=S)Nc1ccccc1Cl. The third kappa shape index (κ3) is 4.98. The van der Waals surface area contributed by atoms with Gasteiger partial charge < -0.3 is 10.6 Å². The zero-order valence-electron chi connectivity index (χ0n) is 13.5. The number of nitriles is 2. The number of anilines is 2. The summed E-state index contributed by atoms with van der Waals surface area (Å²) in [5.74, 6) is -5.88. The summed E-state index contributed by atoms with van der Waals surface area (Å²) in [5.41, 5.74) is -0.144. The summed E-state index contributed by atoms with van der Waals surface area (Å²) in [6.07, 6.45) is 0. The summed E-state index contributed by atoms with van der Waals surface area (Å²) in [6.45, 7) is 0. The van der Waals surface area contributed by atoms with Crippen molar-refractivity contribution in [3.63, 3.8) is 0 Å². The van der Waals surface area contributed by atoms with Crippen LogP contribution in [0, 0.1) is 28.6 Å². The Morgan fingerprint density at radius 3 is 2.48 bits per heavy atom. The van der Waals surface area contributed by atoms with Gasteiger partial charge in [0.2, 0.25) is 5.91 Å². The number of hydrogen-bond acceptors (Lipinski definition) is 4. The topological polar surface area (TPSA) is 88.7 Å². The fourth-order valence-corrected chi connectivity index (χ4v) is 2.53. The lowest BCUT2D eigenvalue weighted by atomic mass is 10.1. The highest BCUT2D eigenvalue weighted by Gasteiger charge is 2.31. The Morgan fingerprint density at radius 1 is 1.15 bits per heavy atom. The van der Waals surface area contributed by atoms with Gasteiger partial charge in [0.05, 0.1) is 16.8 Å². The van der Waals surface area contributed by atoms with Gasteiger partial charge in [0.1, 0.15) is 11.1 Å². The van der Waals surface area contributed by atoms with Crippen molar-refractivity contribution >= 4 is 46.1 Å². The molecule has 2 aromatic carbocycles. The summed E-state index contributed by atoms with van der Waals surface area (Å²) < 4.78 is 26.9. The number of nitrogens with one attached hydrogen (secondary N) is 2. The lowest BCUT2D eigenvalue weighted by Gasteiger charge is -2.15. The molecule has 2 rings (SSSR count). The first-order valence-electron chi connectivity index (χ1n) is 7.44. The fraction of sp³-hybridized carbons (Fsp3) is 0.111. The number of nitrogens with zero attached hydrogens (tertiary/aromatic N) is 2. The van der Waals surface area contributed by atoms with Gasteiger partial charge in [-0.05, 0) is 24.3 Å². The van der Waals surface area contributed by atoms with E-state index in [2.05, 4.69) is 10.6 Å². The average Bonchev–Trinajstić information content (AvgIpc) is 2.64. The number of para-hydroxylation sites is 1. The second kappa shape index (κ2) is 8.54. The van der Waals surface area contributed by atoms with Crippen molar-refractivity contribution in [3.8, 4) is 12.1 Å². The maximum atomic E-state index is 13.5. The summed E-state index contributed by atoms with van der Waals surface area (Å²) in [7, 11) is 0. The summed E-state index contributed by atoms with van der Waals surface area (Å²) in [5, 5.41) is 23.2. The molecule has 0 radical (unpaired) electrons. The van der Waals surface area contributed by atoms with E-state index in [4.69, 9.17) is 29.1 Å². The minimum absolute atomic E-state index is 0.00761. The fourth-order valence-electron chi connectivity index (χ4n) is 2.08. The van der Waals surface area contributed by atoms with Crippen LogP contribution in [0.4, 0.5) is 20.2 Å². The van der Waals surface area contributed by atoms with E-state index in [1.54, 1.807) is 30.3 Å². The first-order valence-corrected chi connectivity index (χ1v) is 8.22. The van der Waals surface area contributed by atoms with Gasteiger partial charge in [-0.3, -0.25) is 4.79 Å². The molecule has 0 spiro atoms. The highest BCUT2D eigenvalue weighted by molar-refractivity contribution is 7.80. The van der Waals surface area contributed by atoms with Crippen molar-refractivity contribution < 1.29 is 13.6 Å². The van der Waals surface area contributed by atoms with E-state index in [0.717, 1.165) is 18.2 Å². The number of thiocarbonyl (C=S) groups is 1. The smallest absolute Gasteiger partial charge is 0.347 e. The van der Waals surface area contributed by atoms with Crippen LogP contribution in [0.15, 0.2) is 48.5 Å². The molecule has 0 aliphatic heterocycles. The monoisotopic (exact) mass is 404 g/mol. The number of hydrogen-bond donors (Lipinski definition) is 2. The number of carbonyl (C=O) groups is 1. The van der Waals surface area contributed by atoms with Crippen LogP contribution in [-0.4, -0.2) is 10.9 Å². The molecule has 2 N–H and O–H groups in total. The second-order valence-corrected chi connectivity index (χ2v) is 6.13. The molecule has 0 saturated carbocycles. The van der Waals surface area contributed by atoms with E-state index < -0.39 is 23.3 Å². The van der Waals surface area contributed by atoms with E-state index in [0.29, 0.717) is 10.7 Å². The van der Waals surface area contributed by atoms with Crippen LogP contribution >= 0.6 is 23.8 Å². The second-order valence-electron chi connectivity index (χ2n) is 5.29. The van der Waals surface area contributed by atoms with Crippen molar-refractivity contribution in [2.24, 2.45) is 5.92 Å². The van der Waals surface area contributed by atoms with Crippen molar-refractivity contribution in [1.82, 2.24) is 0 Å². The van der Waals surface area contributed by atoms with Crippen LogP contribution in [0.25, 0.3) is 0 Å². The minimum Gasteiger partial charge on any atom is -0.347 e. The Bertz CT molecular complexity index is 968. The van der Waals surface area contributed by atoms with E-state index in [9.17, 15) is 18.8 Å². The molecule has 27 heavy (non-hydrogen) atoms. The number of rotatable bonds is 5. The molecule has 0 heterocycles. The molecule has 1 amide bonds. The third-order valence-corrected chi connectivity index (χ3v) is 4.09. The van der Waals surface area contributed by atoms with E-state index in [-0.39, 0.29) is 10.7 Å². The van der Waals surface area contributed by atoms with E-state index in [1.807, 2.05) is 0 Å². The predicted octanol–water partition coefficient (Wildman–Crippen LogP) is 4.47. The van der Waals surface area contributed by atoms with Crippen molar-refractivity contribution in [3.05, 3.63) is 59.1 Å². The van der Waals surface area contributed by atoms with Crippen LogP contribution in [0.5, 0.6) is 0 Å². The number of alkyl halides is 2. The van der Waals surface area contributed by atoms with Gasteiger partial charge in [-0.1, -0.05) is 48.1 Å². The maximum absolute atomic E-state index is 13.5. The molecule has 136 valence electrons. The molecule has 1 atom stereocenters. The average molecular weight is 405 g/mol. The lowest BCUT2D eigenvalue weighted by molar-refractivity contribution is -0.116. The Morgan fingerprint density at radius 2 is 1.85 bits per heavy atom. The molecule has 0 aliphatic carbocycles. The largest absolute Gasteiger partial charge is 0.357 e. The van der Waals surface area contributed by atoms with Gasteiger partial charge in [0.25, 0.3) is 0 Å². The van der Waals surface area contributed by atoms with Crippen molar-refractivity contribution in [2.45, 2.75) is 5.92 Å². The molecule has 0 aromatic heterocycles. The van der Waals surface area contributed by atoms with E-state index >= 15 is 0 Å². The van der Waals surface area contributed by atoms with Crippen LogP contribution in [0.1, 0.15) is 5.56 Å². The maximum Gasteiger partial charge on any atom is 0.357 e. The molecule has 0 saturated heterocycles. The minimum atomic E-state index is -3.70. The van der Waals surface area contributed by atoms with Crippen LogP contribution in [0.2, 0.25) is 5.02 Å². The molecule has 1 unspecified atom stereocenters. The Hall–Kier alpha value is -3.07. The van der Waals surface area contributed by atoms with E-state index in [1.165, 1.54) is 12.1 Å². The molecule has 2 aromatic rings. The van der Waals surface area contributed by atoms with Gasteiger partial charge in [0, 0.05) is 11.3 Å². The summed E-state index contributed by atoms with van der Waals surface area (Å²) >= 11 is 11.1.